The molecule has 1 N–H and O–H groups in total. The number of carbonyl (C=O) groups excluding carboxylic acids is 1. The number of halogens is 1. The van der Waals surface area contributed by atoms with E-state index < -0.39 is 0 Å². The van der Waals surface area contributed by atoms with E-state index in [0.29, 0.717) is 22.2 Å². The highest BCUT2D eigenvalue weighted by Crippen LogP contribution is 2.28. The summed E-state index contributed by atoms with van der Waals surface area (Å²) in [5.74, 6) is 0.254. The van der Waals surface area contributed by atoms with E-state index in [1.54, 1.807) is 41.5 Å². The van der Waals surface area contributed by atoms with Crippen molar-refractivity contribution in [2.45, 2.75) is 10.1 Å². The van der Waals surface area contributed by atoms with Gasteiger partial charge in [-0.05, 0) is 66.4 Å². The third-order valence-corrected chi connectivity index (χ3v) is 6.05. The quantitative estimate of drug-likeness (QED) is 0.357. The number of anilines is 1. The normalized spacial score (nSPS) is 11.0. The Morgan fingerprint density at radius 1 is 1.09 bits per heavy atom. The van der Waals surface area contributed by atoms with Crippen LogP contribution in [0.3, 0.4) is 0 Å². The summed E-state index contributed by atoms with van der Waals surface area (Å²) < 4.78 is 9.03. The van der Waals surface area contributed by atoms with Gasteiger partial charge in [-0.1, -0.05) is 17.7 Å². The molecule has 164 valence electrons. The third kappa shape index (κ3) is 4.55. The van der Waals surface area contributed by atoms with Gasteiger partial charge in [0.1, 0.15) is 12.0 Å². The predicted molar refractivity (Wildman–Crippen MR) is 126 cm³/mol. The average Bonchev–Trinajstić information content (AvgIpc) is 3.56. The summed E-state index contributed by atoms with van der Waals surface area (Å²) in [6, 6.07) is 20.0. The van der Waals surface area contributed by atoms with Gasteiger partial charge in [0.15, 0.2) is 16.6 Å². The Morgan fingerprint density at radius 2 is 1.94 bits per heavy atom. The number of furan rings is 1. The van der Waals surface area contributed by atoms with Crippen molar-refractivity contribution in [2.75, 3.05) is 5.32 Å². The molecule has 10 heteroatoms. The Bertz CT molecular complexity index is 1410. The van der Waals surface area contributed by atoms with Gasteiger partial charge >= 0.3 is 0 Å². The first-order valence-electron chi connectivity index (χ1n) is 9.90. The Hall–Kier alpha value is -3.82. The van der Waals surface area contributed by atoms with Gasteiger partial charge in [0, 0.05) is 28.7 Å². The van der Waals surface area contributed by atoms with E-state index >= 15 is 0 Å². The van der Waals surface area contributed by atoms with Gasteiger partial charge < -0.3 is 14.3 Å². The van der Waals surface area contributed by atoms with Crippen molar-refractivity contribution in [3.8, 4) is 17.1 Å². The number of nitrogens with zero attached hydrogens (tertiary/aromatic N) is 5. The van der Waals surface area contributed by atoms with Crippen molar-refractivity contribution in [1.29, 1.82) is 0 Å². The molecular weight excluding hydrogens is 460 g/mol. The Labute approximate surface area is 198 Å². The van der Waals surface area contributed by atoms with Crippen LogP contribution in [0.4, 0.5) is 5.69 Å². The highest BCUT2D eigenvalue weighted by Gasteiger charge is 2.19. The number of benzene rings is 2. The number of rotatable bonds is 6. The monoisotopic (exact) mass is 476 g/mol. The lowest BCUT2D eigenvalue weighted by atomic mass is 10.2. The standard InChI is InChI=1S/C23H17ClN6O2S/c1-29-14-25-27-23(29)33-18-9-7-16(8-10-18)26-22(31)19-13-20(21-6-3-11-32-21)30(28-19)17-5-2-4-15(24)12-17/h2-14H,1H3,(H,26,31). The van der Waals surface area contributed by atoms with Crippen molar-refractivity contribution < 1.29 is 9.21 Å². The fraction of sp³-hybridized carbons (Fsp3) is 0.0435. The zero-order chi connectivity index (χ0) is 22.8. The Balaban J connectivity index is 1.38. The minimum absolute atomic E-state index is 0.249. The Morgan fingerprint density at radius 3 is 2.64 bits per heavy atom. The SMILES string of the molecule is Cn1cnnc1Sc1ccc(NC(=O)c2cc(-c3ccco3)n(-c3cccc(Cl)c3)n2)cc1. The molecule has 0 saturated heterocycles. The molecule has 0 unspecified atom stereocenters. The van der Waals surface area contributed by atoms with E-state index in [1.807, 2.05) is 54.1 Å². The molecule has 0 aliphatic heterocycles. The van der Waals surface area contributed by atoms with E-state index in [0.717, 1.165) is 15.7 Å². The van der Waals surface area contributed by atoms with Crippen LogP contribution < -0.4 is 5.32 Å². The van der Waals surface area contributed by atoms with Crippen molar-refractivity contribution in [3.63, 3.8) is 0 Å². The fourth-order valence-corrected chi connectivity index (χ4v) is 4.12. The highest BCUT2D eigenvalue weighted by atomic mass is 35.5. The van der Waals surface area contributed by atoms with Gasteiger partial charge in [0.05, 0.1) is 12.0 Å². The van der Waals surface area contributed by atoms with Crippen molar-refractivity contribution in [3.05, 3.63) is 90.0 Å². The molecule has 1 amide bonds. The molecule has 0 spiro atoms. The van der Waals surface area contributed by atoms with Crippen LogP contribution in [0.15, 0.2) is 93.8 Å². The molecule has 8 nitrogen and oxygen atoms in total. The first kappa shape index (κ1) is 21.0. The molecule has 0 atom stereocenters. The van der Waals surface area contributed by atoms with Crippen LogP contribution in [-0.4, -0.2) is 30.5 Å². The van der Waals surface area contributed by atoms with Gasteiger partial charge in [-0.15, -0.1) is 10.2 Å². The zero-order valence-electron chi connectivity index (χ0n) is 17.3. The van der Waals surface area contributed by atoms with Crippen LogP contribution in [0, 0.1) is 0 Å². The summed E-state index contributed by atoms with van der Waals surface area (Å²) in [5, 5.41) is 16.7. The minimum Gasteiger partial charge on any atom is -0.463 e. The predicted octanol–water partition coefficient (Wildman–Crippen LogP) is 5.32. The smallest absolute Gasteiger partial charge is 0.276 e. The lowest BCUT2D eigenvalue weighted by Gasteiger charge is -2.06. The van der Waals surface area contributed by atoms with Crippen LogP contribution in [0.25, 0.3) is 17.1 Å². The van der Waals surface area contributed by atoms with E-state index in [1.165, 1.54) is 11.8 Å². The second-order valence-electron chi connectivity index (χ2n) is 7.09. The summed E-state index contributed by atoms with van der Waals surface area (Å²) in [6.07, 6.45) is 3.22. The van der Waals surface area contributed by atoms with Crippen molar-refractivity contribution in [2.24, 2.45) is 7.05 Å². The number of amides is 1. The van der Waals surface area contributed by atoms with E-state index in [4.69, 9.17) is 16.0 Å². The second kappa shape index (κ2) is 8.97. The molecule has 0 aliphatic rings. The molecule has 0 radical (unpaired) electrons. The van der Waals surface area contributed by atoms with Crippen LogP contribution in [-0.2, 0) is 7.05 Å². The zero-order valence-corrected chi connectivity index (χ0v) is 18.9. The number of aromatic nitrogens is 5. The molecule has 0 fully saturated rings. The molecular formula is C23H17ClN6O2S. The molecule has 0 aliphatic carbocycles. The van der Waals surface area contributed by atoms with Crippen LogP contribution in [0.1, 0.15) is 10.5 Å². The van der Waals surface area contributed by atoms with Crippen LogP contribution in [0.2, 0.25) is 5.02 Å². The maximum absolute atomic E-state index is 13.0. The number of hydrogen-bond donors (Lipinski definition) is 1. The average molecular weight is 477 g/mol. The minimum atomic E-state index is -0.336. The van der Waals surface area contributed by atoms with E-state index in [2.05, 4.69) is 20.6 Å². The number of hydrogen-bond acceptors (Lipinski definition) is 6. The first-order valence-corrected chi connectivity index (χ1v) is 11.1. The van der Waals surface area contributed by atoms with E-state index in [9.17, 15) is 4.79 Å². The van der Waals surface area contributed by atoms with Crippen LogP contribution in [0.5, 0.6) is 0 Å². The van der Waals surface area contributed by atoms with Gasteiger partial charge in [-0.25, -0.2) is 4.68 Å². The molecule has 2 aromatic carbocycles. The summed E-state index contributed by atoms with van der Waals surface area (Å²) in [6.45, 7) is 0. The number of carbonyl (C=O) groups is 1. The molecule has 3 aromatic heterocycles. The molecule has 33 heavy (non-hydrogen) atoms. The lowest BCUT2D eigenvalue weighted by molar-refractivity contribution is 0.102. The maximum atomic E-state index is 13.0. The summed E-state index contributed by atoms with van der Waals surface area (Å²) in [5.41, 5.74) is 2.26. The maximum Gasteiger partial charge on any atom is 0.276 e. The molecule has 5 rings (SSSR count). The summed E-state index contributed by atoms with van der Waals surface area (Å²) in [7, 11) is 1.89. The van der Waals surface area contributed by atoms with Gasteiger partial charge in [-0.3, -0.25) is 4.79 Å². The fourth-order valence-electron chi connectivity index (χ4n) is 3.17. The topological polar surface area (TPSA) is 90.8 Å². The number of aryl methyl sites for hydroxylation is 1. The lowest BCUT2D eigenvalue weighted by Crippen LogP contribution is -2.13. The Kier molecular flexibility index (Phi) is 5.72. The van der Waals surface area contributed by atoms with Crippen molar-refractivity contribution >= 4 is 35.0 Å². The summed E-state index contributed by atoms with van der Waals surface area (Å²) in [4.78, 5) is 13.9. The third-order valence-electron chi connectivity index (χ3n) is 4.76. The van der Waals surface area contributed by atoms with Crippen LogP contribution >= 0.6 is 23.4 Å². The summed E-state index contributed by atoms with van der Waals surface area (Å²) >= 11 is 7.65. The van der Waals surface area contributed by atoms with Crippen molar-refractivity contribution in [1.82, 2.24) is 24.5 Å². The first-order chi connectivity index (χ1) is 16.1. The van der Waals surface area contributed by atoms with E-state index in [-0.39, 0.29) is 11.6 Å². The van der Waals surface area contributed by atoms with Gasteiger partial charge in [-0.2, -0.15) is 5.10 Å². The molecule has 5 aromatic rings. The molecule has 3 heterocycles. The molecule has 0 saturated carbocycles. The van der Waals surface area contributed by atoms with Gasteiger partial charge in [0.2, 0.25) is 0 Å². The van der Waals surface area contributed by atoms with Gasteiger partial charge in [0.25, 0.3) is 5.91 Å². The number of nitrogens with one attached hydrogen (secondary N) is 1. The molecule has 0 bridgehead atoms. The second-order valence-corrected chi connectivity index (χ2v) is 8.57. The highest BCUT2D eigenvalue weighted by molar-refractivity contribution is 7.99. The largest absolute Gasteiger partial charge is 0.463 e.